The summed E-state index contributed by atoms with van der Waals surface area (Å²) in [6.07, 6.45) is 3.79. The lowest BCUT2D eigenvalue weighted by Gasteiger charge is -2.12. The van der Waals surface area contributed by atoms with E-state index in [0.717, 1.165) is 17.9 Å². The highest BCUT2D eigenvalue weighted by atomic mass is 16.5. The number of hydrogen-bond acceptors (Lipinski definition) is 3. The van der Waals surface area contributed by atoms with E-state index in [1.54, 1.807) is 6.20 Å². The van der Waals surface area contributed by atoms with E-state index in [2.05, 4.69) is 48.4 Å². The smallest absolute Gasteiger partial charge is 0.138 e. The van der Waals surface area contributed by atoms with E-state index in [9.17, 15) is 0 Å². The Morgan fingerprint density at radius 3 is 2.57 bits per heavy atom. The van der Waals surface area contributed by atoms with Gasteiger partial charge in [-0.2, -0.15) is 0 Å². The average Bonchev–Trinajstić information content (AvgIpc) is 2.45. The van der Waals surface area contributed by atoms with Gasteiger partial charge in [-0.25, -0.2) is 0 Å². The van der Waals surface area contributed by atoms with Gasteiger partial charge in [0.05, 0.1) is 12.3 Å². The maximum Gasteiger partial charge on any atom is 0.138 e. The summed E-state index contributed by atoms with van der Waals surface area (Å²) in [5.74, 6) is 0.813. The molecule has 0 aliphatic carbocycles. The second-order valence-electron chi connectivity index (χ2n) is 5.81. The predicted molar refractivity (Wildman–Crippen MR) is 87.4 cm³/mol. The van der Waals surface area contributed by atoms with Gasteiger partial charge in [0.15, 0.2) is 0 Å². The van der Waals surface area contributed by atoms with Gasteiger partial charge in [0.25, 0.3) is 0 Å². The first-order valence-electron chi connectivity index (χ1n) is 7.49. The second-order valence-corrected chi connectivity index (χ2v) is 5.81. The molecule has 2 rings (SSSR count). The molecule has 21 heavy (non-hydrogen) atoms. The summed E-state index contributed by atoms with van der Waals surface area (Å²) < 4.78 is 5.71. The topological polar surface area (TPSA) is 34.2 Å². The number of rotatable bonds is 6. The van der Waals surface area contributed by atoms with Crippen LogP contribution in [0.4, 0.5) is 0 Å². The zero-order valence-electron chi connectivity index (χ0n) is 13.3. The molecule has 1 aromatic carbocycles. The fourth-order valence-corrected chi connectivity index (χ4v) is 2.10. The van der Waals surface area contributed by atoms with Crippen LogP contribution in [0.5, 0.6) is 5.75 Å². The zero-order chi connectivity index (χ0) is 15.2. The van der Waals surface area contributed by atoms with Crippen LogP contribution in [0.15, 0.2) is 42.7 Å². The molecule has 2 aromatic rings. The van der Waals surface area contributed by atoms with Gasteiger partial charge in [0.1, 0.15) is 5.75 Å². The normalized spacial score (nSPS) is 11.1. The van der Waals surface area contributed by atoms with E-state index in [4.69, 9.17) is 4.74 Å². The summed E-state index contributed by atoms with van der Waals surface area (Å²) >= 11 is 0. The fraction of sp³-hybridized carbons (Fsp3) is 0.389. The summed E-state index contributed by atoms with van der Waals surface area (Å²) in [4.78, 5) is 4.28. The molecule has 0 saturated heterocycles. The second kappa shape index (κ2) is 7.23. The lowest BCUT2D eigenvalue weighted by atomic mass is 10.0. The Morgan fingerprint density at radius 2 is 1.86 bits per heavy atom. The third-order valence-electron chi connectivity index (χ3n) is 3.06. The summed E-state index contributed by atoms with van der Waals surface area (Å²) in [5.41, 5.74) is 3.52. The van der Waals surface area contributed by atoms with Crippen LogP contribution in [0, 0.1) is 0 Å². The zero-order valence-corrected chi connectivity index (χ0v) is 13.3. The molecule has 0 spiro atoms. The molecular formula is C18H24N2O. The van der Waals surface area contributed by atoms with Gasteiger partial charge < -0.3 is 10.1 Å². The van der Waals surface area contributed by atoms with Crippen molar-refractivity contribution in [1.82, 2.24) is 10.3 Å². The Hall–Kier alpha value is -1.87. The van der Waals surface area contributed by atoms with Crippen LogP contribution >= 0.6 is 0 Å². The van der Waals surface area contributed by atoms with Crippen molar-refractivity contribution < 1.29 is 4.74 Å². The molecule has 0 bridgehead atoms. The molecule has 0 aliphatic heterocycles. The lowest BCUT2D eigenvalue weighted by Crippen LogP contribution is -2.21. The van der Waals surface area contributed by atoms with E-state index in [1.165, 1.54) is 11.1 Å². The van der Waals surface area contributed by atoms with Crippen LogP contribution in [-0.2, 0) is 6.54 Å². The monoisotopic (exact) mass is 284 g/mol. The van der Waals surface area contributed by atoms with Crippen LogP contribution in [0.2, 0.25) is 0 Å². The molecular weight excluding hydrogens is 260 g/mol. The largest absolute Gasteiger partial charge is 0.489 e. The minimum Gasteiger partial charge on any atom is -0.489 e. The molecule has 1 N–H and O–H groups in total. The van der Waals surface area contributed by atoms with E-state index >= 15 is 0 Å². The van der Waals surface area contributed by atoms with Gasteiger partial charge in [0.2, 0.25) is 0 Å². The minimum absolute atomic E-state index is 0.156. The van der Waals surface area contributed by atoms with Crippen molar-refractivity contribution in [1.29, 1.82) is 0 Å². The minimum atomic E-state index is 0.156. The molecule has 3 heteroatoms. The quantitative estimate of drug-likeness (QED) is 0.869. The third-order valence-corrected chi connectivity index (χ3v) is 3.06. The molecule has 0 fully saturated rings. The molecule has 0 saturated carbocycles. The number of nitrogens with zero attached hydrogens (tertiary/aromatic N) is 1. The van der Waals surface area contributed by atoms with Gasteiger partial charge in [-0.3, -0.25) is 4.98 Å². The van der Waals surface area contributed by atoms with E-state index in [1.807, 2.05) is 26.1 Å². The summed E-state index contributed by atoms with van der Waals surface area (Å²) in [6, 6.07) is 11.1. The van der Waals surface area contributed by atoms with Crippen LogP contribution in [0.3, 0.4) is 0 Å². The van der Waals surface area contributed by atoms with Gasteiger partial charge in [-0.1, -0.05) is 32.0 Å². The Bertz CT molecular complexity index is 579. The summed E-state index contributed by atoms with van der Waals surface area (Å²) in [7, 11) is 0. The van der Waals surface area contributed by atoms with Crippen molar-refractivity contribution >= 4 is 0 Å². The van der Waals surface area contributed by atoms with Crippen molar-refractivity contribution in [3.63, 3.8) is 0 Å². The molecule has 1 heterocycles. The lowest BCUT2D eigenvalue weighted by molar-refractivity contribution is 0.241. The van der Waals surface area contributed by atoms with Gasteiger partial charge in [-0.05, 0) is 37.1 Å². The van der Waals surface area contributed by atoms with Gasteiger partial charge in [-0.15, -0.1) is 0 Å². The number of aromatic nitrogens is 1. The van der Waals surface area contributed by atoms with Crippen molar-refractivity contribution in [3.05, 3.63) is 48.3 Å². The van der Waals surface area contributed by atoms with Crippen LogP contribution < -0.4 is 10.1 Å². The molecule has 1 aromatic heterocycles. The molecule has 0 atom stereocenters. The van der Waals surface area contributed by atoms with E-state index in [0.29, 0.717) is 6.04 Å². The summed E-state index contributed by atoms with van der Waals surface area (Å²) in [6.45, 7) is 9.22. The first kappa shape index (κ1) is 15.5. The molecule has 3 nitrogen and oxygen atoms in total. The number of pyridine rings is 1. The highest BCUT2D eigenvalue weighted by Crippen LogP contribution is 2.24. The maximum atomic E-state index is 5.71. The SMILES string of the molecule is CC(C)NCc1cccc(-c2cncc(OC(C)C)c2)c1. The molecule has 112 valence electrons. The molecule has 0 amide bonds. The van der Waals surface area contributed by atoms with E-state index < -0.39 is 0 Å². The van der Waals surface area contributed by atoms with Crippen LogP contribution in [0.25, 0.3) is 11.1 Å². The maximum absolute atomic E-state index is 5.71. The Morgan fingerprint density at radius 1 is 1.05 bits per heavy atom. The number of ether oxygens (including phenoxy) is 1. The molecule has 0 aliphatic rings. The first-order valence-corrected chi connectivity index (χ1v) is 7.49. The standard InChI is InChI=1S/C18H24N2O/c1-13(2)20-10-15-6-5-7-16(8-15)17-9-18(12-19-11-17)21-14(3)4/h5-9,11-14,20H,10H2,1-4H3. The highest BCUT2D eigenvalue weighted by Gasteiger charge is 2.04. The molecule has 0 unspecified atom stereocenters. The predicted octanol–water partition coefficient (Wildman–Crippen LogP) is 4.03. The van der Waals surface area contributed by atoms with Crippen molar-refractivity contribution in [2.75, 3.05) is 0 Å². The van der Waals surface area contributed by atoms with Gasteiger partial charge >= 0.3 is 0 Å². The average molecular weight is 284 g/mol. The Labute approximate surface area is 127 Å². The van der Waals surface area contributed by atoms with Crippen molar-refractivity contribution in [2.24, 2.45) is 0 Å². The number of nitrogens with one attached hydrogen (secondary N) is 1. The van der Waals surface area contributed by atoms with Crippen molar-refractivity contribution in [3.8, 4) is 16.9 Å². The molecule has 0 radical (unpaired) electrons. The van der Waals surface area contributed by atoms with Gasteiger partial charge in [0, 0.05) is 24.3 Å². The van der Waals surface area contributed by atoms with Crippen LogP contribution in [0.1, 0.15) is 33.3 Å². The Balaban J connectivity index is 2.19. The van der Waals surface area contributed by atoms with Crippen LogP contribution in [-0.4, -0.2) is 17.1 Å². The fourth-order valence-electron chi connectivity index (χ4n) is 2.10. The number of hydrogen-bond donors (Lipinski definition) is 1. The first-order chi connectivity index (χ1) is 10.0. The Kier molecular flexibility index (Phi) is 5.34. The summed E-state index contributed by atoms with van der Waals surface area (Å²) in [5, 5.41) is 3.44. The highest BCUT2D eigenvalue weighted by molar-refractivity contribution is 5.64. The number of benzene rings is 1. The van der Waals surface area contributed by atoms with Crippen molar-refractivity contribution in [2.45, 2.75) is 46.4 Å². The van der Waals surface area contributed by atoms with E-state index in [-0.39, 0.29) is 6.10 Å². The third kappa shape index (κ3) is 4.87.